The van der Waals surface area contributed by atoms with Gasteiger partial charge in [-0.3, -0.25) is 4.90 Å². The summed E-state index contributed by atoms with van der Waals surface area (Å²) in [5, 5.41) is 14.2. The van der Waals surface area contributed by atoms with Crippen molar-refractivity contribution in [3.63, 3.8) is 0 Å². The summed E-state index contributed by atoms with van der Waals surface area (Å²) >= 11 is 0. The van der Waals surface area contributed by atoms with Crippen LogP contribution in [0.1, 0.15) is 52.1 Å². The van der Waals surface area contributed by atoms with Gasteiger partial charge in [-0.15, -0.1) is 24.8 Å². The lowest BCUT2D eigenvalue weighted by Gasteiger charge is -2.36. The lowest BCUT2D eigenvalue weighted by atomic mass is 9.94. The molecule has 1 heterocycles. The zero-order chi connectivity index (χ0) is 17.5. The summed E-state index contributed by atoms with van der Waals surface area (Å²) in [6, 6.07) is 6.59. The lowest BCUT2D eigenvalue weighted by molar-refractivity contribution is 0.157. The van der Waals surface area contributed by atoms with Gasteiger partial charge >= 0.3 is 0 Å². The van der Waals surface area contributed by atoms with Gasteiger partial charge in [-0.05, 0) is 38.7 Å². The molecule has 1 aliphatic heterocycles. The molecule has 0 saturated carbocycles. The molecule has 1 aromatic rings. The van der Waals surface area contributed by atoms with E-state index in [4.69, 9.17) is 0 Å². The van der Waals surface area contributed by atoms with Crippen LogP contribution < -0.4 is 10.2 Å². The average Bonchev–Trinajstić information content (AvgIpc) is 2.58. The Morgan fingerprint density at radius 2 is 1.69 bits per heavy atom. The minimum absolute atomic E-state index is 0. The highest BCUT2D eigenvalue weighted by molar-refractivity contribution is 5.85. The number of hydrogen-bond acceptors (Lipinski definition) is 4. The molecule has 1 aliphatic rings. The van der Waals surface area contributed by atoms with Crippen LogP contribution in [0.2, 0.25) is 0 Å². The standard InChI is InChI=1S/C20H35N3O.2ClH/c1-5-22(6-2)17-8-9-18(20(24)15-17)19(10-7-16(3)4)23-13-11-21-12-14-23;;/h8-9,15-16,19,21,24H,5-7,10-14H2,1-4H3;2*1H/t19-;;/m0../s1. The molecule has 0 spiro atoms. The maximum Gasteiger partial charge on any atom is 0.122 e. The van der Waals surface area contributed by atoms with E-state index in [1.807, 2.05) is 6.07 Å². The van der Waals surface area contributed by atoms with E-state index < -0.39 is 0 Å². The number of hydrogen-bond donors (Lipinski definition) is 2. The minimum atomic E-state index is 0. The normalized spacial score (nSPS) is 15.9. The first-order valence-corrected chi connectivity index (χ1v) is 9.59. The van der Waals surface area contributed by atoms with Crippen molar-refractivity contribution in [2.24, 2.45) is 5.92 Å². The summed E-state index contributed by atoms with van der Waals surface area (Å²) < 4.78 is 0. The highest BCUT2D eigenvalue weighted by atomic mass is 35.5. The third kappa shape index (κ3) is 6.80. The predicted molar refractivity (Wildman–Crippen MR) is 117 cm³/mol. The van der Waals surface area contributed by atoms with Gasteiger partial charge < -0.3 is 15.3 Å². The van der Waals surface area contributed by atoms with E-state index in [-0.39, 0.29) is 24.8 Å². The summed E-state index contributed by atoms with van der Waals surface area (Å²) in [4.78, 5) is 4.81. The molecule has 0 aliphatic carbocycles. The zero-order valence-corrected chi connectivity index (χ0v) is 18.3. The Kier molecular flexibility index (Phi) is 12.3. The number of benzene rings is 1. The van der Waals surface area contributed by atoms with Crippen LogP contribution in [-0.4, -0.2) is 49.3 Å². The van der Waals surface area contributed by atoms with Gasteiger partial charge in [0.15, 0.2) is 0 Å². The van der Waals surface area contributed by atoms with E-state index >= 15 is 0 Å². The summed E-state index contributed by atoms with van der Waals surface area (Å²) in [6.07, 6.45) is 2.29. The van der Waals surface area contributed by atoms with Crippen molar-refractivity contribution in [3.8, 4) is 5.75 Å². The van der Waals surface area contributed by atoms with E-state index in [2.05, 4.69) is 54.9 Å². The second-order valence-corrected chi connectivity index (χ2v) is 7.19. The molecule has 2 N–H and O–H groups in total. The number of phenols is 1. The molecule has 1 fully saturated rings. The van der Waals surface area contributed by atoms with Crippen molar-refractivity contribution in [1.29, 1.82) is 0 Å². The smallest absolute Gasteiger partial charge is 0.122 e. The maximum atomic E-state index is 10.7. The molecule has 4 nitrogen and oxygen atoms in total. The second kappa shape index (κ2) is 12.7. The monoisotopic (exact) mass is 405 g/mol. The van der Waals surface area contributed by atoms with Gasteiger partial charge in [-0.2, -0.15) is 0 Å². The molecule has 0 amide bonds. The van der Waals surface area contributed by atoms with Crippen LogP contribution in [0.15, 0.2) is 18.2 Å². The molecule has 1 saturated heterocycles. The van der Waals surface area contributed by atoms with Gasteiger partial charge in [0.05, 0.1) is 0 Å². The zero-order valence-electron chi connectivity index (χ0n) is 16.7. The Balaban J connectivity index is 0.00000312. The third-order valence-corrected chi connectivity index (χ3v) is 5.11. The molecule has 0 unspecified atom stereocenters. The fourth-order valence-corrected chi connectivity index (χ4v) is 3.62. The second-order valence-electron chi connectivity index (χ2n) is 7.19. The van der Waals surface area contributed by atoms with E-state index in [9.17, 15) is 5.11 Å². The fraction of sp³-hybridized carbons (Fsp3) is 0.700. The number of anilines is 1. The minimum Gasteiger partial charge on any atom is -0.508 e. The number of nitrogens with zero attached hydrogens (tertiary/aromatic N) is 2. The molecule has 0 aromatic heterocycles. The maximum absolute atomic E-state index is 10.7. The van der Waals surface area contributed by atoms with E-state index in [0.29, 0.717) is 17.7 Å². The van der Waals surface area contributed by atoms with Gasteiger partial charge in [0, 0.05) is 62.6 Å². The van der Waals surface area contributed by atoms with Gasteiger partial charge in [-0.1, -0.05) is 19.9 Å². The molecular formula is C20H37Cl2N3O. The molecule has 6 heteroatoms. The Hall–Kier alpha value is -0.680. The summed E-state index contributed by atoms with van der Waals surface area (Å²) in [6.45, 7) is 15.0. The van der Waals surface area contributed by atoms with Crippen LogP contribution >= 0.6 is 24.8 Å². The van der Waals surface area contributed by atoms with E-state index in [1.165, 1.54) is 6.42 Å². The van der Waals surface area contributed by atoms with Crippen molar-refractivity contribution in [3.05, 3.63) is 23.8 Å². The number of piperazine rings is 1. The van der Waals surface area contributed by atoms with E-state index in [1.54, 1.807) is 0 Å². The first-order valence-electron chi connectivity index (χ1n) is 9.59. The summed E-state index contributed by atoms with van der Waals surface area (Å²) in [5.74, 6) is 1.14. The Morgan fingerprint density at radius 3 is 2.19 bits per heavy atom. The van der Waals surface area contributed by atoms with Crippen molar-refractivity contribution in [2.75, 3.05) is 44.2 Å². The van der Waals surface area contributed by atoms with Crippen LogP contribution in [0.5, 0.6) is 5.75 Å². The molecule has 0 radical (unpaired) electrons. The van der Waals surface area contributed by atoms with Gasteiger partial charge in [0.25, 0.3) is 0 Å². The Labute approximate surface area is 172 Å². The molecular weight excluding hydrogens is 369 g/mol. The topological polar surface area (TPSA) is 38.7 Å². The van der Waals surface area contributed by atoms with Gasteiger partial charge in [0.2, 0.25) is 0 Å². The summed E-state index contributed by atoms with van der Waals surface area (Å²) in [5.41, 5.74) is 2.21. The van der Waals surface area contributed by atoms with Gasteiger partial charge in [-0.25, -0.2) is 0 Å². The van der Waals surface area contributed by atoms with Gasteiger partial charge in [0.1, 0.15) is 5.75 Å². The average molecular weight is 406 g/mol. The van der Waals surface area contributed by atoms with Crippen molar-refractivity contribution in [2.45, 2.75) is 46.6 Å². The number of nitrogens with one attached hydrogen (secondary N) is 1. The number of rotatable bonds is 8. The Morgan fingerprint density at radius 1 is 1.08 bits per heavy atom. The molecule has 1 atom stereocenters. The highest BCUT2D eigenvalue weighted by Crippen LogP contribution is 2.35. The molecule has 152 valence electrons. The van der Waals surface area contributed by atoms with Crippen LogP contribution in [0.4, 0.5) is 5.69 Å². The molecule has 0 bridgehead atoms. The first-order chi connectivity index (χ1) is 11.6. The van der Waals surface area contributed by atoms with Crippen molar-refractivity contribution in [1.82, 2.24) is 10.2 Å². The van der Waals surface area contributed by atoms with Crippen LogP contribution in [0.25, 0.3) is 0 Å². The third-order valence-electron chi connectivity index (χ3n) is 5.11. The Bertz CT molecular complexity index is 504. The summed E-state index contributed by atoms with van der Waals surface area (Å²) in [7, 11) is 0. The molecule has 26 heavy (non-hydrogen) atoms. The number of phenolic OH excluding ortho intramolecular Hbond substituents is 1. The van der Waals surface area contributed by atoms with E-state index in [0.717, 1.165) is 56.9 Å². The fourth-order valence-electron chi connectivity index (χ4n) is 3.62. The quantitative estimate of drug-likeness (QED) is 0.669. The highest BCUT2D eigenvalue weighted by Gasteiger charge is 2.25. The largest absolute Gasteiger partial charge is 0.508 e. The van der Waals surface area contributed by atoms with Crippen LogP contribution in [-0.2, 0) is 0 Å². The molecule has 1 aromatic carbocycles. The number of halogens is 2. The van der Waals surface area contributed by atoms with Crippen molar-refractivity contribution >= 4 is 30.5 Å². The molecule has 2 rings (SSSR count). The lowest BCUT2D eigenvalue weighted by Crippen LogP contribution is -2.45. The van der Waals surface area contributed by atoms with Crippen LogP contribution in [0.3, 0.4) is 0 Å². The van der Waals surface area contributed by atoms with Crippen LogP contribution in [0, 0.1) is 5.92 Å². The SMILES string of the molecule is CCN(CC)c1ccc([C@H](CCC(C)C)N2CCNCC2)c(O)c1.Cl.Cl. The number of aromatic hydroxyl groups is 1. The first kappa shape index (κ1) is 25.3. The predicted octanol–water partition coefficient (Wildman–Crippen LogP) is 4.46. The van der Waals surface area contributed by atoms with Crippen molar-refractivity contribution < 1.29 is 5.11 Å².